The average molecular weight is 471 g/mol. The first kappa shape index (κ1) is 20.4. The maximum atomic E-state index is 14.1. The molecule has 33 heavy (non-hydrogen) atoms. The zero-order valence-corrected chi connectivity index (χ0v) is 18.3. The van der Waals surface area contributed by atoms with Crippen LogP contribution < -0.4 is 10.7 Å². The van der Waals surface area contributed by atoms with Crippen LogP contribution in [-0.4, -0.2) is 49.4 Å². The minimum atomic E-state index is -0.680. The number of hydrogen-bond donors (Lipinski definition) is 2. The molecule has 11 heteroatoms. The van der Waals surface area contributed by atoms with Gasteiger partial charge in [0, 0.05) is 30.8 Å². The second-order valence-electron chi connectivity index (χ2n) is 8.71. The van der Waals surface area contributed by atoms with Crippen molar-refractivity contribution in [3.63, 3.8) is 0 Å². The molecule has 0 saturated carbocycles. The SMILES string of the molecule is C[C@H]1CN2C(=O)c3c(O)c(=O)c(-c4nnc(Cc5ccc(F)cc5F)s4)c4n3C(CC4)C2N1. The van der Waals surface area contributed by atoms with Crippen LogP contribution in [0.1, 0.15) is 46.1 Å². The number of hydrogen-bond acceptors (Lipinski definition) is 7. The third kappa shape index (κ3) is 2.95. The van der Waals surface area contributed by atoms with Gasteiger partial charge in [-0.15, -0.1) is 10.2 Å². The van der Waals surface area contributed by atoms with E-state index in [1.807, 2.05) is 6.92 Å². The Morgan fingerprint density at radius 3 is 2.88 bits per heavy atom. The van der Waals surface area contributed by atoms with Gasteiger partial charge in [0.2, 0.25) is 5.43 Å². The van der Waals surface area contributed by atoms with Gasteiger partial charge in [-0.25, -0.2) is 8.78 Å². The van der Waals surface area contributed by atoms with Crippen molar-refractivity contribution in [2.45, 2.75) is 44.4 Å². The quantitative estimate of drug-likeness (QED) is 0.608. The highest BCUT2D eigenvalue weighted by Crippen LogP contribution is 2.43. The van der Waals surface area contributed by atoms with E-state index in [9.17, 15) is 23.5 Å². The van der Waals surface area contributed by atoms with Crippen LogP contribution in [0, 0.1) is 11.6 Å². The molecule has 2 N–H and O–H groups in total. The Labute approximate surface area is 190 Å². The summed E-state index contributed by atoms with van der Waals surface area (Å²) in [5.74, 6) is -2.28. The number of aromatic hydroxyl groups is 1. The monoisotopic (exact) mass is 471 g/mol. The normalized spacial score (nSPS) is 23.2. The van der Waals surface area contributed by atoms with Crippen LogP contribution in [0.15, 0.2) is 23.0 Å². The summed E-state index contributed by atoms with van der Waals surface area (Å²) < 4.78 is 29.0. The molecule has 3 aliphatic heterocycles. The predicted molar refractivity (Wildman–Crippen MR) is 115 cm³/mol. The Bertz CT molecular complexity index is 1390. The van der Waals surface area contributed by atoms with Gasteiger partial charge in [-0.05, 0) is 31.4 Å². The summed E-state index contributed by atoms with van der Waals surface area (Å²) in [7, 11) is 0. The van der Waals surface area contributed by atoms with Gasteiger partial charge in [-0.3, -0.25) is 14.9 Å². The standard InChI is InChI=1S/C22H19F2N5O3S/c1-9-8-28-20(25-9)14-5-4-13-16(18(30)19(31)17(22(28)32)29(13)14)21-27-26-15(33-21)6-10-2-3-11(23)7-12(10)24/h2-3,7,9,14,20,25,31H,4-6,8H2,1H3/t9-,14?,20?/m0/s1. The smallest absolute Gasteiger partial charge is 0.275 e. The van der Waals surface area contributed by atoms with Crippen molar-refractivity contribution in [3.8, 4) is 16.3 Å². The lowest BCUT2D eigenvalue weighted by atomic mass is 10.1. The number of aromatic nitrogens is 3. The summed E-state index contributed by atoms with van der Waals surface area (Å²) in [6, 6.07) is 3.35. The van der Waals surface area contributed by atoms with Crippen LogP contribution in [0.25, 0.3) is 10.6 Å². The highest BCUT2D eigenvalue weighted by molar-refractivity contribution is 7.14. The number of fused-ring (bicyclic) bond motifs is 2. The summed E-state index contributed by atoms with van der Waals surface area (Å²) in [6.45, 7) is 2.51. The Morgan fingerprint density at radius 2 is 2.09 bits per heavy atom. The minimum Gasteiger partial charge on any atom is -0.503 e. The Kier molecular flexibility index (Phi) is 4.43. The number of rotatable bonds is 3. The zero-order valence-electron chi connectivity index (χ0n) is 17.5. The van der Waals surface area contributed by atoms with Crippen molar-refractivity contribution in [1.82, 2.24) is 25.0 Å². The van der Waals surface area contributed by atoms with Gasteiger partial charge in [-0.2, -0.15) is 0 Å². The van der Waals surface area contributed by atoms with Gasteiger partial charge in [0.1, 0.15) is 22.8 Å². The molecule has 170 valence electrons. The summed E-state index contributed by atoms with van der Waals surface area (Å²) in [5.41, 5.74) is 0.532. The van der Waals surface area contributed by atoms with Gasteiger partial charge in [0.15, 0.2) is 16.5 Å². The minimum absolute atomic E-state index is 0.0338. The van der Waals surface area contributed by atoms with E-state index in [4.69, 9.17) is 0 Å². The van der Waals surface area contributed by atoms with Crippen molar-refractivity contribution in [2.24, 2.45) is 0 Å². The molecule has 3 aliphatic rings. The van der Waals surface area contributed by atoms with E-state index in [-0.39, 0.29) is 47.4 Å². The molecule has 0 bridgehead atoms. The van der Waals surface area contributed by atoms with Crippen molar-refractivity contribution >= 4 is 17.2 Å². The van der Waals surface area contributed by atoms with E-state index in [1.54, 1.807) is 9.47 Å². The zero-order chi connectivity index (χ0) is 23.0. The van der Waals surface area contributed by atoms with E-state index >= 15 is 0 Å². The molecule has 3 atom stereocenters. The van der Waals surface area contributed by atoms with Crippen LogP contribution in [0.3, 0.4) is 0 Å². The van der Waals surface area contributed by atoms with Crippen LogP contribution in [0.2, 0.25) is 0 Å². The van der Waals surface area contributed by atoms with E-state index < -0.39 is 22.8 Å². The fourth-order valence-electron chi connectivity index (χ4n) is 5.24. The van der Waals surface area contributed by atoms with Crippen molar-refractivity contribution in [3.05, 3.63) is 62.0 Å². The van der Waals surface area contributed by atoms with E-state index in [1.165, 1.54) is 12.1 Å². The van der Waals surface area contributed by atoms with E-state index in [2.05, 4.69) is 15.5 Å². The topological polar surface area (TPSA) is 100 Å². The molecule has 0 spiro atoms. The van der Waals surface area contributed by atoms with Gasteiger partial charge < -0.3 is 14.6 Å². The van der Waals surface area contributed by atoms with Gasteiger partial charge in [-0.1, -0.05) is 17.4 Å². The van der Waals surface area contributed by atoms with Crippen LogP contribution in [-0.2, 0) is 12.8 Å². The maximum absolute atomic E-state index is 14.1. The van der Waals surface area contributed by atoms with Crippen LogP contribution >= 0.6 is 11.3 Å². The molecular formula is C22H19F2N5O3S. The summed E-state index contributed by atoms with van der Waals surface area (Å²) in [6.07, 6.45) is 1.17. The third-order valence-corrected chi connectivity index (χ3v) is 7.56. The Balaban J connectivity index is 1.44. The second-order valence-corrected chi connectivity index (χ2v) is 9.77. The van der Waals surface area contributed by atoms with Crippen molar-refractivity contribution in [1.29, 1.82) is 0 Å². The molecule has 0 radical (unpaired) electrons. The summed E-state index contributed by atoms with van der Waals surface area (Å²) in [4.78, 5) is 28.0. The number of carbonyl (C=O) groups excluding carboxylic acids is 1. The Hall–Kier alpha value is -3.18. The number of pyridine rings is 1. The van der Waals surface area contributed by atoms with Crippen molar-refractivity contribution in [2.75, 3.05) is 6.54 Å². The second kappa shape index (κ2) is 7.16. The molecule has 3 aromatic rings. The highest BCUT2D eigenvalue weighted by Gasteiger charge is 2.49. The van der Waals surface area contributed by atoms with Gasteiger partial charge in [0.05, 0.1) is 11.6 Å². The molecule has 6 rings (SSSR count). The largest absolute Gasteiger partial charge is 0.503 e. The molecule has 2 unspecified atom stereocenters. The lowest BCUT2D eigenvalue weighted by Crippen LogP contribution is -2.51. The van der Waals surface area contributed by atoms with Crippen LogP contribution in [0.4, 0.5) is 8.78 Å². The molecule has 8 nitrogen and oxygen atoms in total. The molecule has 1 fully saturated rings. The molecular weight excluding hydrogens is 452 g/mol. The molecule has 5 heterocycles. The average Bonchev–Trinajstić information content (AvgIpc) is 3.49. The fourth-order valence-corrected chi connectivity index (χ4v) is 6.16. The maximum Gasteiger partial charge on any atom is 0.275 e. The first-order chi connectivity index (χ1) is 15.8. The molecule has 1 aromatic carbocycles. The number of nitrogens with zero attached hydrogens (tertiary/aromatic N) is 4. The fraction of sp³-hybridized carbons (Fsp3) is 0.364. The number of benzene rings is 1. The molecule has 1 amide bonds. The van der Waals surface area contributed by atoms with Gasteiger partial charge >= 0.3 is 0 Å². The number of nitrogens with one attached hydrogen (secondary N) is 1. The lowest BCUT2D eigenvalue weighted by Gasteiger charge is -2.37. The lowest BCUT2D eigenvalue weighted by molar-refractivity contribution is 0.0593. The first-order valence-corrected chi connectivity index (χ1v) is 11.5. The Morgan fingerprint density at radius 1 is 1.27 bits per heavy atom. The number of halogens is 2. The van der Waals surface area contributed by atoms with E-state index in [0.717, 1.165) is 17.4 Å². The van der Waals surface area contributed by atoms with Gasteiger partial charge in [0.25, 0.3) is 5.91 Å². The van der Waals surface area contributed by atoms with Crippen LogP contribution in [0.5, 0.6) is 5.75 Å². The summed E-state index contributed by atoms with van der Waals surface area (Å²) >= 11 is 1.12. The van der Waals surface area contributed by atoms with Crippen molar-refractivity contribution < 1.29 is 18.7 Å². The first-order valence-electron chi connectivity index (χ1n) is 10.7. The molecule has 0 aliphatic carbocycles. The molecule has 2 aromatic heterocycles. The highest BCUT2D eigenvalue weighted by atomic mass is 32.1. The third-order valence-electron chi connectivity index (χ3n) is 6.62. The number of carbonyl (C=O) groups is 1. The summed E-state index contributed by atoms with van der Waals surface area (Å²) in [5, 5.41) is 23.2. The van der Waals surface area contributed by atoms with E-state index in [0.29, 0.717) is 35.1 Å². The predicted octanol–water partition coefficient (Wildman–Crippen LogP) is 2.20. The molecule has 1 saturated heterocycles. The number of amides is 1.